The predicted octanol–water partition coefficient (Wildman–Crippen LogP) is -7.69. The Labute approximate surface area is 273 Å². The maximum atomic E-state index is 9.28. The Balaban J connectivity index is 0. The molecule has 1 aliphatic rings. The monoisotopic (exact) mass is 702 g/mol. The van der Waals surface area contributed by atoms with Crippen LogP contribution in [-0.2, 0) is 33.2 Å². The first-order valence-corrected chi connectivity index (χ1v) is 15.0. The van der Waals surface area contributed by atoms with E-state index in [2.05, 4.69) is 0 Å². The summed E-state index contributed by atoms with van der Waals surface area (Å²) in [5, 5.41) is 114. The third kappa shape index (κ3) is 31.0. The number of hydrogen-bond donors (Lipinski definition) is 13. The molecule has 1 saturated heterocycles. The fourth-order valence-corrected chi connectivity index (χ4v) is 2.85. The van der Waals surface area contributed by atoms with E-state index >= 15 is 0 Å². The highest BCUT2D eigenvalue weighted by Crippen LogP contribution is 2.07. The molecule has 20 heteroatoms. The average Bonchev–Trinajstić information content (AvgIpc) is 3.09. The van der Waals surface area contributed by atoms with E-state index in [9.17, 15) is 5.11 Å². The van der Waals surface area contributed by atoms with Crippen molar-refractivity contribution in [1.29, 1.82) is 0 Å². The number of aliphatic hydroxyl groups excluding tert-OH is 13. The summed E-state index contributed by atoms with van der Waals surface area (Å²) >= 11 is 0. The molecule has 0 aromatic rings. The topological polar surface area (TPSA) is 328 Å². The van der Waals surface area contributed by atoms with E-state index in [0.717, 1.165) is 0 Å². The Morgan fingerprint density at radius 2 is 0.787 bits per heavy atom. The van der Waals surface area contributed by atoms with E-state index in [1.165, 1.54) is 0 Å². The van der Waals surface area contributed by atoms with Crippen LogP contribution in [0.25, 0.3) is 0 Å². The van der Waals surface area contributed by atoms with Crippen LogP contribution in [0.1, 0.15) is 0 Å². The van der Waals surface area contributed by atoms with Crippen LogP contribution in [0, 0.1) is 0 Å². The summed E-state index contributed by atoms with van der Waals surface area (Å²) in [6.07, 6.45) is -6.63. The van der Waals surface area contributed by atoms with Gasteiger partial charge in [-0.3, -0.25) is 0 Å². The fraction of sp³-hybridized carbons (Fsp3) is 1.00. The van der Waals surface area contributed by atoms with Gasteiger partial charge in [0.05, 0.1) is 119 Å². The van der Waals surface area contributed by atoms with Gasteiger partial charge in [-0.15, -0.1) is 0 Å². The van der Waals surface area contributed by atoms with Gasteiger partial charge in [0.2, 0.25) is 0 Å². The van der Waals surface area contributed by atoms with Gasteiger partial charge < -0.3 is 99.5 Å². The average molecular weight is 703 g/mol. The van der Waals surface area contributed by atoms with Crippen LogP contribution in [0.15, 0.2) is 0 Å². The molecule has 1 aliphatic heterocycles. The highest BCUT2D eigenvalue weighted by atomic mass is 16.6. The van der Waals surface area contributed by atoms with Gasteiger partial charge in [0, 0.05) is 0 Å². The number of hydrogen-bond acceptors (Lipinski definition) is 20. The van der Waals surface area contributed by atoms with E-state index in [-0.39, 0.29) is 84.9 Å². The number of aliphatic hydroxyl groups is 13. The van der Waals surface area contributed by atoms with Crippen LogP contribution < -0.4 is 0 Å². The standard InChI is InChI=1S/2C9H20O7.C9H18O6/c10-1-7(13)4-15-6-9(3-12)16-5-8(14)2-11;10-1-7(12)3-15-5-9(14)6-16-4-8(13)2-11;10-1-7(12)3-13-4-9-6-14-8(2-11)5-15-9/h2*7-14H,1-6H2;7-12H,1-6H2. The van der Waals surface area contributed by atoms with Crippen molar-refractivity contribution in [3.8, 4) is 0 Å². The summed E-state index contributed by atoms with van der Waals surface area (Å²) in [5.74, 6) is 0. The highest BCUT2D eigenvalue weighted by Gasteiger charge is 2.22. The van der Waals surface area contributed by atoms with Crippen molar-refractivity contribution in [2.75, 3.05) is 119 Å². The summed E-state index contributed by atoms with van der Waals surface area (Å²) in [6, 6.07) is 0. The molecule has 0 amide bonds. The number of rotatable bonds is 26. The van der Waals surface area contributed by atoms with E-state index in [4.69, 9.17) is 94.4 Å². The van der Waals surface area contributed by atoms with Crippen molar-refractivity contribution in [2.45, 2.75) is 54.9 Å². The lowest BCUT2D eigenvalue weighted by Gasteiger charge is -2.28. The second kappa shape index (κ2) is 33.7. The summed E-state index contributed by atoms with van der Waals surface area (Å²) in [7, 11) is 0. The van der Waals surface area contributed by atoms with E-state index in [1.807, 2.05) is 0 Å². The first kappa shape index (κ1) is 48.3. The Kier molecular flexibility index (Phi) is 34.6. The minimum Gasteiger partial charge on any atom is -0.394 e. The van der Waals surface area contributed by atoms with Crippen LogP contribution in [0.3, 0.4) is 0 Å². The van der Waals surface area contributed by atoms with Crippen molar-refractivity contribution >= 4 is 0 Å². The van der Waals surface area contributed by atoms with Gasteiger partial charge in [-0.25, -0.2) is 0 Å². The minimum absolute atomic E-state index is 0.0334. The fourth-order valence-electron chi connectivity index (χ4n) is 2.85. The second-order valence-electron chi connectivity index (χ2n) is 10.2. The van der Waals surface area contributed by atoms with Gasteiger partial charge in [-0.2, -0.15) is 0 Å². The van der Waals surface area contributed by atoms with Crippen molar-refractivity contribution in [2.24, 2.45) is 0 Å². The maximum absolute atomic E-state index is 9.28. The molecule has 13 N–H and O–H groups in total. The van der Waals surface area contributed by atoms with Gasteiger partial charge >= 0.3 is 0 Å². The zero-order valence-corrected chi connectivity index (χ0v) is 26.6. The predicted molar refractivity (Wildman–Crippen MR) is 158 cm³/mol. The van der Waals surface area contributed by atoms with Crippen LogP contribution in [0.4, 0.5) is 0 Å². The molecule has 8 atom stereocenters. The first-order valence-electron chi connectivity index (χ1n) is 15.0. The molecular formula is C27H58O20. The normalized spacial score (nSPS) is 20.9. The molecule has 1 heterocycles. The molecule has 0 radical (unpaired) electrons. The summed E-state index contributed by atoms with van der Waals surface area (Å²) in [5.41, 5.74) is 0. The van der Waals surface area contributed by atoms with Gasteiger partial charge in [-0.1, -0.05) is 0 Å². The number of ether oxygens (including phenoxy) is 7. The summed E-state index contributed by atoms with van der Waals surface area (Å²) in [6.45, 7) is -1.45. The van der Waals surface area contributed by atoms with Crippen molar-refractivity contribution in [1.82, 2.24) is 0 Å². The molecular weight excluding hydrogens is 644 g/mol. The molecule has 20 nitrogen and oxygen atoms in total. The lowest BCUT2D eigenvalue weighted by Crippen LogP contribution is -2.40. The first-order chi connectivity index (χ1) is 22.5. The molecule has 286 valence electrons. The molecule has 8 unspecified atom stereocenters. The highest BCUT2D eigenvalue weighted by molar-refractivity contribution is 4.67. The van der Waals surface area contributed by atoms with Crippen LogP contribution in [-0.4, -0.2) is 240 Å². The molecule has 47 heavy (non-hydrogen) atoms. The summed E-state index contributed by atoms with van der Waals surface area (Å²) in [4.78, 5) is 0. The Hall–Kier alpha value is -0.800. The molecule has 1 fully saturated rings. The van der Waals surface area contributed by atoms with Crippen LogP contribution in [0.5, 0.6) is 0 Å². The molecule has 0 saturated carbocycles. The smallest absolute Gasteiger partial charge is 0.104 e. The van der Waals surface area contributed by atoms with Gasteiger partial charge in [0.1, 0.15) is 54.9 Å². The third-order valence-electron chi connectivity index (χ3n) is 5.49. The zero-order chi connectivity index (χ0) is 35.9. The second-order valence-corrected chi connectivity index (χ2v) is 10.2. The van der Waals surface area contributed by atoms with Gasteiger partial charge in [0.25, 0.3) is 0 Å². The van der Waals surface area contributed by atoms with E-state index in [1.54, 1.807) is 0 Å². The molecule has 0 bridgehead atoms. The van der Waals surface area contributed by atoms with Crippen molar-refractivity contribution in [3.63, 3.8) is 0 Å². The molecule has 1 rings (SSSR count). The Morgan fingerprint density at radius 3 is 1.17 bits per heavy atom. The Morgan fingerprint density at radius 1 is 0.426 bits per heavy atom. The van der Waals surface area contributed by atoms with Crippen molar-refractivity contribution in [3.05, 3.63) is 0 Å². The quantitative estimate of drug-likeness (QED) is 0.0398. The van der Waals surface area contributed by atoms with Gasteiger partial charge in [-0.05, 0) is 0 Å². The van der Waals surface area contributed by atoms with E-state index in [0.29, 0.717) is 19.8 Å². The third-order valence-corrected chi connectivity index (χ3v) is 5.49. The van der Waals surface area contributed by atoms with Gasteiger partial charge in [0.15, 0.2) is 0 Å². The SMILES string of the molecule is OCC(O)COCC(CO)OCC(O)CO.OCC(O)COCC(O)COCC(O)CO.OCC(O)COCC1COC(CO)CO1. The summed E-state index contributed by atoms with van der Waals surface area (Å²) < 4.78 is 35.5. The van der Waals surface area contributed by atoms with Crippen LogP contribution in [0.2, 0.25) is 0 Å². The van der Waals surface area contributed by atoms with Crippen LogP contribution >= 0.6 is 0 Å². The minimum atomic E-state index is -0.989. The van der Waals surface area contributed by atoms with Crippen molar-refractivity contribution < 1.29 is 99.5 Å². The zero-order valence-electron chi connectivity index (χ0n) is 26.6. The van der Waals surface area contributed by atoms with E-state index < -0.39 is 69.2 Å². The Bertz CT molecular complexity index is 615. The molecule has 0 spiro atoms. The lowest BCUT2D eigenvalue weighted by atomic mass is 10.3. The maximum Gasteiger partial charge on any atom is 0.104 e. The molecule has 0 aromatic carbocycles. The molecule has 0 aromatic heterocycles. The lowest BCUT2D eigenvalue weighted by molar-refractivity contribution is -0.164. The largest absolute Gasteiger partial charge is 0.394 e. The molecule has 0 aliphatic carbocycles.